The highest BCUT2D eigenvalue weighted by atomic mass is 79.9. The Morgan fingerprint density at radius 3 is 2.33 bits per heavy atom. The van der Waals surface area contributed by atoms with Crippen molar-refractivity contribution in [2.24, 2.45) is 17.6 Å². The van der Waals surface area contributed by atoms with Crippen LogP contribution < -0.4 is 5.73 Å². The van der Waals surface area contributed by atoms with Crippen LogP contribution >= 0.6 is 15.9 Å². The zero-order chi connectivity index (χ0) is 13.7. The van der Waals surface area contributed by atoms with E-state index >= 15 is 0 Å². The molecule has 0 heterocycles. The van der Waals surface area contributed by atoms with Gasteiger partial charge in [0, 0.05) is 24.6 Å². The van der Waals surface area contributed by atoms with Crippen molar-refractivity contribution in [1.29, 1.82) is 0 Å². The lowest BCUT2D eigenvalue weighted by atomic mass is 9.94. The Morgan fingerprint density at radius 1 is 1.33 bits per heavy atom. The molecule has 100 valence electrons. The van der Waals surface area contributed by atoms with Crippen molar-refractivity contribution in [3.05, 3.63) is 34.3 Å². The lowest BCUT2D eigenvalue weighted by molar-refractivity contribution is -0.135. The van der Waals surface area contributed by atoms with Gasteiger partial charge in [-0.1, -0.05) is 41.9 Å². The molecule has 0 aliphatic rings. The third kappa shape index (κ3) is 4.10. The molecule has 4 heteroatoms. The number of hydrogen-bond acceptors (Lipinski definition) is 2. The summed E-state index contributed by atoms with van der Waals surface area (Å²) in [7, 11) is 1.83. The molecule has 1 rings (SSSR count). The van der Waals surface area contributed by atoms with E-state index in [4.69, 9.17) is 5.73 Å². The Labute approximate surface area is 117 Å². The highest BCUT2D eigenvalue weighted by Gasteiger charge is 2.23. The van der Waals surface area contributed by atoms with Crippen LogP contribution in [0.2, 0.25) is 0 Å². The number of amides is 1. The van der Waals surface area contributed by atoms with Crippen molar-refractivity contribution in [2.75, 3.05) is 13.6 Å². The third-order valence-electron chi connectivity index (χ3n) is 3.09. The fourth-order valence-electron chi connectivity index (χ4n) is 1.88. The molecule has 0 aromatic heterocycles. The number of hydrogen-bond donors (Lipinski definition) is 1. The maximum atomic E-state index is 12.2. The molecule has 0 saturated heterocycles. The fraction of sp³-hybridized carbons (Fsp3) is 0.500. The zero-order valence-electron chi connectivity index (χ0n) is 11.2. The molecule has 2 N–H and O–H groups in total. The molecular weight excluding hydrogens is 292 g/mol. The number of carbonyl (C=O) groups excluding carboxylic acids is 1. The molecule has 3 nitrogen and oxygen atoms in total. The Balaban J connectivity index is 2.67. The van der Waals surface area contributed by atoms with Gasteiger partial charge in [0.25, 0.3) is 0 Å². The van der Waals surface area contributed by atoms with Gasteiger partial charge in [0.05, 0.1) is 5.92 Å². The summed E-state index contributed by atoms with van der Waals surface area (Å²) in [5.74, 6) is 0.302. The molecule has 1 unspecified atom stereocenters. The summed E-state index contributed by atoms with van der Waals surface area (Å²) >= 11 is 3.40. The average molecular weight is 313 g/mol. The smallest absolute Gasteiger partial charge is 0.227 e. The first-order valence-corrected chi connectivity index (χ1v) is 6.94. The van der Waals surface area contributed by atoms with Crippen LogP contribution in [-0.2, 0) is 11.3 Å². The SMILES string of the molecule is CC(C)C(CN)C(=O)N(C)Cc1ccc(Br)cc1. The van der Waals surface area contributed by atoms with Gasteiger partial charge in [0.2, 0.25) is 5.91 Å². The van der Waals surface area contributed by atoms with E-state index in [0.717, 1.165) is 10.0 Å². The number of rotatable bonds is 5. The molecule has 0 aliphatic carbocycles. The summed E-state index contributed by atoms with van der Waals surface area (Å²) in [6, 6.07) is 7.99. The molecule has 0 spiro atoms. The van der Waals surface area contributed by atoms with E-state index in [1.807, 2.05) is 45.2 Å². The van der Waals surface area contributed by atoms with E-state index in [-0.39, 0.29) is 17.7 Å². The van der Waals surface area contributed by atoms with E-state index in [1.54, 1.807) is 4.90 Å². The maximum absolute atomic E-state index is 12.2. The fourth-order valence-corrected chi connectivity index (χ4v) is 2.15. The van der Waals surface area contributed by atoms with E-state index in [0.29, 0.717) is 13.1 Å². The minimum Gasteiger partial charge on any atom is -0.341 e. The van der Waals surface area contributed by atoms with Gasteiger partial charge in [-0.25, -0.2) is 0 Å². The number of halogens is 1. The highest BCUT2D eigenvalue weighted by molar-refractivity contribution is 9.10. The van der Waals surface area contributed by atoms with Gasteiger partial charge in [-0.15, -0.1) is 0 Å². The average Bonchev–Trinajstić information content (AvgIpc) is 2.32. The number of benzene rings is 1. The van der Waals surface area contributed by atoms with Crippen LogP contribution in [0.3, 0.4) is 0 Å². The minimum atomic E-state index is -0.0922. The van der Waals surface area contributed by atoms with Crippen molar-refractivity contribution in [1.82, 2.24) is 4.90 Å². The van der Waals surface area contributed by atoms with Crippen molar-refractivity contribution in [3.63, 3.8) is 0 Å². The molecule has 1 aromatic carbocycles. The Morgan fingerprint density at radius 2 is 1.89 bits per heavy atom. The zero-order valence-corrected chi connectivity index (χ0v) is 12.8. The van der Waals surface area contributed by atoms with E-state index in [1.165, 1.54) is 0 Å². The third-order valence-corrected chi connectivity index (χ3v) is 3.61. The summed E-state index contributed by atoms with van der Waals surface area (Å²) in [4.78, 5) is 14.0. The second kappa shape index (κ2) is 6.90. The van der Waals surface area contributed by atoms with Gasteiger partial charge >= 0.3 is 0 Å². The molecule has 1 aromatic rings. The van der Waals surface area contributed by atoms with E-state index in [2.05, 4.69) is 15.9 Å². The van der Waals surface area contributed by atoms with Crippen molar-refractivity contribution < 1.29 is 4.79 Å². The minimum absolute atomic E-state index is 0.0922. The molecule has 18 heavy (non-hydrogen) atoms. The first-order chi connectivity index (χ1) is 8.45. The first kappa shape index (κ1) is 15.2. The number of nitrogens with two attached hydrogens (primary N) is 1. The summed E-state index contributed by atoms with van der Waals surface area (Å²) in [6.45, 7) is 5.09. The summed E-state index contributed by atoms with van der Waals surface area (Å²) in [6.07, 6.45) is 0. The quantitative estimate of drug-likeness (QED) is 0.908. The predicted molar refractivity (Wildman–Crippen MR) is 78.0 cm³/mol. The number of carbonyl (C=O) groups is 1. The van der Waals surface area contributed by atoms with Crippen LogP contribution in [0, 0.1) is 11.8 Å². The van der Waals surface area contributed by atoms with Crippen LogP contribution in [0.4, 0.5) is 0 Å². The topological polar surface area (TPSA) is 46.3 Å². The Bertz CT molecular complexity index is 389. The molecule has 0 aliphatic heterocycles. The molecule has 0 bridgehead atoms. The number of nitrogens with zero attached hydrogens (tertiary/aromatic N) is 1. The summed E-state index contributed by atoms with van der Waals surface area (Å²) < 4.78 is 1.04. The van der Waals surface area contributed by atoms with Gasteiger partial charge < -0.3 is 10.6 Å². The van der Waals surface area contributed by atoms with Crippen LogP contribution in [0.25, 0.3) is 0 Å². The van der Waals surface area contributed by atoms with E-state index < -0.39 is 0 Å². The van der Waals surface area contributed by atoms with Crippen LogP contribution in [0.5, 0.6) is 0 Å². The lowest BCUT2D eigenvalue weighted by Gasteiger charge is -2.25. The van der Waals surface area contributed by atoms with Gasteiger partial charge in [-0.05, 0) is 23.6 Å². The Kier molecular flexibility index (Phi) is 5.82. The molecular formula is C14H21BrN2O. The predicted octanol–water partition coefficient (Wildman–Crippen LogP) is 2.64. The van der Waals surface area contributed by atoms with Crippen LogP contribution in [0.15, 0.2) is 28.7 Å². The molecule has 0 saturated carbocycles. The summed E-state index contributed by atoms with van der Waals surface area (Å²) in [5, 5.41) is 0. The van der Waals surface area contributed by atoms with E-state index in [9.17, 15) is 4.79 Å². The molecule has 0 fully saturated rings. The Hall–Kier alpha value is -0.870. The largest absolute Gasteiger partial charge is 0.341 e. The maximum Gasteiger partial charge on any atom is 0.227 e. The second-order valence-corrected chi connectivity index (χ2v) is 5.82. The highest BCUT2D eigenvalue weighted by Crippen LogP contribution is 2.15. The standard InChI is InChI=1S/C14H21BrN2O/c1-10(2)13(8-16)14(18)17(3)9-11-4-6-12(15)7-5-11/h4-7,10,13H,8-9,16H2,1-3H3. The molecule has 1 atom stereocenters. The van der Waals surface area contributed by atoms with Gasteiger partial charge in [0.1, 0.15) is 0 Å². The van der Waals surface area contributed by atoms with Crippen LogP contribution in [-0.4, -0.2) is 24.4 Å². The monoisotopic (exact) mass is 312 g/mol. The molecule has 0 radical (unpaired) electrons. The normalized spacial score (nSPS) is 12.6. The van der Waals surface area contributed by atoms with Crippen molar-refractivity contribution in [2.45, 2.75) is 20.4 Å². The van der Waals surface area contributed by atoms with Gasteiger partial charge in [0.15, 0.2) is 0 Å². The first-order valence-electron chi connectivity index (χ1n) is 6.15. The van der Waals surface area contributed by atoms with Gasteiger partial charge in [-0.3, -0.25) is 4.79 Å². The van der Waals surface area contributed by atoms with Crippen molar-refractivity contribution >= 4 is 21.8 Å². The second-order valence-electron chi connectivity index (χ2n) is 4.91. The van der Waals surface area contributed by atoms with Crippen LogP contribution in [0.1, 0.15) is 19.4 Å². The lowest BCUT2D eigenvalue weighted by Crippen LogP contribution is -2.38. The molecule has 1 amide bonds. The van der Waals surface area contributed by atoms with Gasteiger partial charge in [-0.2, -0.15) is 0 Å². The van der Waals surface area contributed by atoms with Crippen molar-refractivity contribution in [3.8, 4) is 0 Å². The summed E-state index contributed by atoms with van der Waals surface area (Å²) in [5.41, 5.74) is 6.79.